The maximum atomic E-state index is 12.7. The Hall–Kier alpha value is -2.31. The van der Waals surface area contributed by atoms with Crippen LogP contribution in [0.4, 0.5) is 4.79 Å². The van der Waals surface area contributed by atoms with E-state index in [0.29, 0.717) is 17.6 Å². The van der Waals surface area contributed by atoms with Crippen LogP contribution in [0.25, 0.3) is 0 Å². The van der Waals surface area contributed by atoms with Crippen LogP contribution in [-0.2, 0) is 6.54 Å². The zero-order chi connectivity index (χ0) is 16.4. The molecule has 1 aliphatic heterocycles. The topological polar surface area (TPSA) is 84.4 Å². The molecule has 1 atom stereocenters. The fourth-order valence-electron chi connectivity index (χ4n) is 3.22. The Bertz CT molecular complexity index is 678. The van der Waals surface area contributed by atoms with Crippen LogP contribution in [0.1, 0.15) is 68.0 Å². The van der Waals surface area contributed by atoms with Crippen molar-refractivity contribution in [3.05, 3.63) is 35.9 Å². The van der Waals surface area contributed by atoms with E-state index in [1.54, 1.807) is 6.26 Å². The molecule has 7 heteroatoms. The van der Waals surface area contributed by atoms with Gasteiger partial charge in [0.1, 0.15) is 5.76 Å². The summed E-state index contributed by atoms with van der Waals surface area (Å²) >= 11 is 0. The van der Waals surface area contributed by atoms with Crippen LogP contribution in [0.2, 0.25) is 0 Å². The number of urea groups is 1. The minimum atomic E-state index is -0.101. The van der Waals surface area contributed by atoms with Crippen LogP contribution >= 0.6 is 0 Å². The first kappa shape index (κ1) is 15.2. The smallest absolute Gasteiger partial charge is 0.318 e. The first-order valence-corrected chi connectivity index (χ1v) is 8.71. The molecule has 0 unspecified atom stereocenters. The maximum absolute atomic E-state index is 12.7. The molecule has 0 spiro atoms. The molecule has 0 radical (unpaired) electrons. The minimum Gasteiger partial charge on any atom is -0.467 e. The molecule has 3 heterocycles. The van der Waals surface area contributed by atoms with E-state index in [9.17, 15) is 4.79 Å². The maximum Gasteiger partial charge on any atom is 0.318 e. The number of aromatic nitrogens is 2. The third-order valence-electron chi connectivity index (χ3n) is 4.69. The highest BCUT2D eigenvalue weighted by molar-refractivity contribution is 5.74. The molecule has 0 bridgehead atoms. The lowest BCUT2D eigenvalue weighted by molar-refractivity contribution is 0.165. The lowest BCUT2D eigenvalue weighted by Gasteiger charge is -2.28. The molecule has 1 saturated heterocycles. The van der Waals surface area contributed by atoms with Gasteiger partial charge in [0.2, 0.25) is 5.89 Å². The summed E-state index contributed by atoms with van der Waals surface area (Å²) in [5.41, 5.74) is 0. The molecular weight excluding hydrogens is 308 g/mol. The van der Waals surface area contributed by atoms with Crippen LogP contribution in [-0.4, -0.2) is 27.6 Å². The highest BCUT2D eigenvalue weighted by atomic mass is 16.5. The number of carbonyl (C=O) groups is 1. The molecule has 2 aliphatic rings. The van der Waals surface area contributed by atoms with E-state index >= 15 is 0 Å². The number of furan rings is 1. The Morgan fingerprint density at radius 1 is 1.29 bits per heavy atom. The molecule has 0 aromatic carbocycles. The van der Waals surface area contributed by atoms with Gasteiger partial charge >= 0.3 is 6.03 Å². The fourth-order valence-corrected chi connectivity index (χ4v) is 3.22. The van der Waals surface area contributed by atoms with Crippen LogP contribution in [0.3, 0.4) is 0 Å². The van der Waals surface area contributed by atoms with Gasteiger partial charge in [0.05, 0.1) is 18.8 Å². The van der Waals surface area contributed by atoms with Crippen LogP contribution < -0.4 is 5.32 Å². The van der Waals surface area contributed by atoms with Crippen LogP contribution in [0.15, 0.2) is 27.3 Å². The van der Waals surface area contributed by atoms with Crippen molar-refractivity contribution in [1.82, 2.24) is 20.4 Å². The highest BCUT2D eigenvalue weighted by Gasteiger charge is 2.30. The normalized spacial score (nSPS) is 21.5. The van der Waals surface area contributed by atoms with E-state index < -0.39 is 0 Å². The van der Waals surface area contributed by atoms with Gasteiger partial charge in [-0.1, -0.05) is 18.0 Å². The largest absolute Gasteiger partial charge is 0.467 e. The SMILES string of the molecule is O=C(NCc1noc(C2CC2)n1)N1CCCCC[C@H]1c1ccco1. The molecule has 4 rings (SSSR count). The monoisotopic (exact) mass is 330 g/mol. The molecule has 1 aliphatic carbocycles. The summed E-state index contributed by atoms with van der Waals surface area (Å²) in [7, 11) is 0. The zero-order valence-electron chi connectivity index (χ0n) is 13.6. The Morgan fingerprint density at radius 3 is 3.00 bits per heavy atom. The summed E-state index contributed by atoms with van der Waals surface area (Å²) in [6, 6.07) is 3.71. The molecule has 128 valence electrons. The molecule has 2 aromatic rings. The van der Waals surface area contributed by atoms with Gasteiger partial charge in [-0.15, -0.1) is 0 Å². The number of hydrogen-bond donors (Lipinski definition) is 1. The summed E-state index contributed by atoms with van der Waals surface area (Å²) in [5.74, 6) is 2.51. The number of nitrogens with one attached hydrogen (secondary N) is 1. The van der Waals surface area contributed by atoms with Gasteiger partial charge in [-0.2, -0.15) is 4.98 Å². The molecule has 2 aromatic heterocycles. The molecule has 24 heavy (non-hydrogen) atoms. The van der Waals surface area contributed by atoms with Gasteiger partial charge in [-0.3, -0.25) is 0 Å². The van der Waals surface area contributed by atoms with Crippen molar-refractivity contribution in [1.29, 1.82) is 0 Å². The van der Waals surface area contributed by atoms with Gasteiger partial charge in [0, 0.05) is 12.5 Å². The number of rotatable bonds is 4. The number of likely N-dealkylation sites (tertiary alicyclic amines) is 1. The van der Waals surface area contributed by atoms with E-state index in [0.717, 1.165) is 50.8 Å². The van der Waals surface area contributed by atoms with Crippen molar-refractivity contribution >= 4 is 6.03 Å². The Labute approximate surface area is 140 Å². The second kappa shape index (κ2) is 6.67. The van der Waals surface area contributed by atoms with E-state index in [-0.39, 0.29) is 18.6 Å². The number of hydrogen-bond acceptors (Lipinski definition) is 5. The summed E-state index contributed by atoms with van der Waals surface area (Å²) in [5, 5.41) is 6.87. The van der Waals surface area contributed by atoms with Gasteiger partial charge < -0.3 is 19.2 Å². The first-order valence-electron chi connectivity index (χ1n) is 8.71. The van der Waals surface area contributed by atoms with Gasteiger partial charge in [0.15, 0.2) is 5.82 Å². The summed E-state index contributed by atoms with van der Waals surface area (Å²) in [4.78, 5) is 18.9. The van der Waals surface area contributed by atoms with Gasteiger partial charge in [-0.05, 0) is 37.8 Å². The quantitative estimate of drug-likeness (QED) is 0.929. The average molecular weight is 330 g/mol. The van der Waals surface area contributed by atoms with E-state index in [1.807, 2.05) is 17.0 Å². The molecule has 7 nitrogen and oxygen atoms in total. The summed E-state index contributed by atoms with van der Waals surface area (Å²) in [6.45, 7) is 1.02. The zero-order valence-corrected chi connectivity index (χ0v) is 13.6. The second-order valence-electron chi connectivity index (χ2n) is 6.56. The van der Waals surface area contributed by atoms with E-state index in [2.05, 4.69) is 15.5 Å². The molecular formula is C17H22N4O3. The first-order chi connectivity index (χ1) is 11.8. The van der Waals surface area contributed by atoms with Crippen molar-refractivity contribution in [3.8, 4) is 0 Å². The van der Waals surface area contributed by atoms with Crippen LogP contribution in [0.5, 0.6) is 0 Å². The third kappa shape index (κ3) is 3.29. The van der Waals surface area contributed by atoms with Crippen molar-refractivity contribution in [2.45, 2.75) is 57.0 Å². The van der Waals surface area contributed by atoms with Crippen LogP contribution in [0, 0.1) is 0 Å². The fraction of sp³-hybridized carbons (Fsp3) is 0.588. The summed E-state index contributed by atoms with van der Waals surface area (Å²) < 4.78 is 10.8. The Kier molecular flexibility index (Phi) is 4.23. The van der Waals surface area contributed by atoms with Crippen molar-refractivity contribution in [3.63, 3.8) is 0 Å². The lowest BCUT2D eigenvalue weighted by atomic mass is 10.1. The number of amides is 2. The van der Waals surface area contributed by atoms with Crippen molar-refractivity contribution < 1.29 is 13.7 Å². The summed E-state index contributed by atoms with van der Waals surface area (Å²) in [6.07, 6.45) is 8.07. The molecule has 1 saturated carbocycles. The number of carbonyl (C=O) groups excluding carboxylic acids is 1. The van der Waals surface area contributed by atoms with Crippen molar-refractivity contribution in [2.24, 2.45) is 0 Å². The number of nitrogens with zero attached hydrogens (tertiary/aromatic N) is 3. The second-order valence-corrected chi connectivity index (χ2v) is 6.56. The lowest BCUT2D eigenvalue weighted by Crippen LogP contribution is -2.42. The predicted molar refractivity (Wildman–Crippen MR) is 85.1 cm³/mol. The van der Waals surface area contributed by atoms with Gasteiger partial charge in [0.25, 0.3) is 0 Å². The molecule has 1 N–H and O–H groups in total. The molecule has 2 amide bonds. The highest BCUT2D eigenvalue weighted by Crippen LogP contribution is 2.38. The predicted octanol–water partition coefficient (Wildman–Crippen LogP) is 3.37. The average Bonchev–Trinajstić information content (AvgIpc) is 3.19. The Morgan fingerprint density at radius 2 is 2.21 bits per heavy atom. The minimum absolute atomic E-state index is 0.00482. The molecule has 2 fully saturated rings. The van der Waals surface area contributed by atoms with Gasteiger partial charge in [-0.25, -0.2) is 4.79 Å². The van der Waals surface area contributed by atoms with E-state index in [1.165, 1.54) is 0 Å². The third-order valence-corrected chi connectivity index (χ3v) is 4.69. The standard InChI is InChI=1S/C17H22N4O3/c22-17(18-11-15-19-16(24-20-15)12-7-8-12)21-9-3-1-2-5-13(21)14-6-4-10-23-14/h4,6,10,12-13H,1-3,5,7-9,11H2,(H,18,22)/t13-/m0/s1. The van der Waals surface area contributed by atoms with E-state index in [4.69, 9.17) is 8.94 Å². The van der Waals surface area contributed by atoms with Crippen molar-refractivity contribution in [2.75, 3.05) is 6.54 Å². The Balaban J connectivity index is 1.40.